The molecule has 20 heavy (non-hydrogen) atoms. The Bertz CT molecular complexity index is 524. The van der Waals surface area contributed by atoms with Crippen LogP contribution in [0.3, 0.4) is 0 Å². The van der Waals surface area contributed by atoms with Gasteiger partial charge in [0.1, 0.15) is 6.61 Å². The van der Waals surface area contributed by atoms with Gasteiger partial charge in [0.15, 0.2) is 17.3 Å². The number of nitrogens with zero attached hydrogens (tertiary/aromatic N) is 1. The molecular weight excluding hydrogens is 256 g/mol. The Labute approximate surface area is 118 Å². The van der Waals surface area contributed by atoms with Crippen molar-refractivity contribution in [2.45, 2.75) is 32.9 Å². The van der Waals surface area contributed by atoms with E-state index in [0.717, 1.165) is 17.7 Å². The predicted molar refractivity (Wildman–Crippen MR) is 75.8 cm³/mol. The maximum Gasteiger partial charge on any atom is 0.174 e. The Kier molecular flexibility index (Phi) is 5.01. The molecule has 2 rings (SSSR count). The van der Waals surface area contributed by atoms with Crippen molar-refractivity contribution in [1.29, 1.82) is 0 Å². The second-order valence-corrected chi connectivity index (χ2v) is 4.66. The highest BCUT2D eigenvalue weighted by molar-refractivity contribution is 5.43. The maximum atomic E-state index is 5.82. The van der Waals surface area contributed by atoms with Crippen LogP contribution in [-0.4, -0.2) is 17.8 Å². The lowest BCUT2D eigenvalue weighted by Crippen LogP contribution is -2.17. The SMILES string of the molecule is CCOc1cc(CC(C)N)ccc1OCc1ccno1. The minimum atomic E-state index is 0.116. The Morgan fingerprint density at radius 1 is 1.25 bits per heavy atom. The molecule has 0 spiro atoms. The molecule has 1 heterocycles. The molecule has 1 atom stereocenters. The molecule has 5 heteroatoms. The van der Waals surface area contributed by atoms with E-state index in [4.69, 9.17) is 19.7 Å². The summed E-state index contributed by atoms with van der Waals surface area (Å²) in [6.07, 6.45) is 2.40. The summed E-state index contributed by atoms with van der Waals surface area (Å²) in [4.78, 5) is 0. The zero-order chi connectivity index (χ0) is 14.4. The molecule has 0 radical (unpaired) electrons. The first-order chi connectivity index (χ1) is 9.69. The first-order valence-electron chi connectivity index (χ1n) is 6.72. The van der Waals surface area contributed by atoms with Crippen LogP contribution in [0.1, 0.15) is 25.2 Å². The van der Waals surface area contributed by atoms with Gasteiger partial charge in [0.25, 0.3) is 0 Å². The van der Waals surface area contributed by atoms with Gasteiger partial charge >= 0.3 is 0 Å². The second-order valence-electron chi connectivity index (χ2n) is 4.66. The van der Waals surface area contributed by atoms with E-state index < -0.39 is 0 Å². The molecule has 0 amide bonds. The van der Waals surface area contributed by atoms with Crippen molar-refractivity contribution in [1.82, 2.24) is 5.16 Å². The molecule has 0 fully saturated rings. The van der Waals surface area contributed by atoms with Crippen LogP contribution in [-0.2, 0) is 13.0 Å². The minimum Gasteiger partial charge on any atom is -0.490 e. The van der Waals surface area contributed by atoms with E-state index in [1.54, 1.807) is 12.3 Å². The molecule has 0 aliphatic carbocycles. The van der Waals surface area contributed by atoms with Crippen LogP contribution in [0.4, 0.5) is 0 Å². The summed E-state index contributed by atoms with van der Waals surface area (Å²) in [5.74, 6) is 2.09. The second kappa shape index (κ2) is 6.96. The zero-order valence-electron chi connectivity index (χ0n) is 11.8. The highest BCUT2D eigenvalue weighted by atomic mass is 16.5. The van der Waals surface area contributed by atoms with E-state index in [-0.39, 0.29) is 6.04 Å². The number of benzene rings is 1. The van der Waals surface area contributed by atoms with Gasteiger partial charge in [0, 0.05) is 12.1 Å². The molecule has 2 aromatic rings. The monoisotopic (exact) mass is 276 g/mol. The summed E-state index contributed by atoms with van der Waals surface area (Å²) in [7, 11) is 0. The molecule has 108 valence electrons. The molecule has 2 N–H and O–H groups in total. The van der Waals surface area contributed by atoms with Gasteiger partial charge in [-0.1, -0.05) is 11.2 Å². The quantitative estimate of drug-likeness (QED) is 0.841. The third kappa shape index (κ3) is 3.99. The smallest absolute Gasteiger partial charge is 0.174 e. The Balaban J connectivity index is 2.10. The third-order valence-electron chi connectivity index (χ3n) is 2.73. The number of hydrogen-bond donors (Lipinski definition) is 1. The molecule has 0 bridgehead atoms. The van der Waals surface area contributed by atoms with Crippen molar-refractivity contribution in [3.05, 3.63) is 41.8 Å². The third-order valence-corrected chi connectivity index (χ3v) is 2.73. The van der Waals surface area contributed by atoms with E-state index in [1.807, 2.05) is 32.0 Å². The van der Waals surface area contributed by atoms with Gasteiger partial charge in [0.2, 0.25) is 0 Å². The van der Waals surface area contributed by atoms with Gasteiger partial charge in [0.05, 0.1) is 12.8 Å². The van der Waals surface area contributed by atoms with Crippen molar-refractivity contribution in [3.8, 4) is 11.5 Å². The molecule has 0 saturated heterocycles. The fourth-order valence-electron chi connectivity index (χ4n) is 1.90. The van der Waals surface area contributed by atoms with Gasteiger partial charge < -0.3 is 19.7 Å². The Hall–Kier alpha value is -2.01. The number of hydrogen-bond acceptors (Lipinski definition) is 5. The summed E-state index contributed by atoms with van der Waals surface area (Å²) in [5, 5.41) is 3.64. The van der Waals surface area contributed by atoms with E-state index in [1.165, 1.54) is 0 Å². The van der Waals surface area contributed by atoms with Crippen molar-refractivity contribution in [3.63, 3.8) is 0 Å². The molecule has 0 aliphatic heterocycles. The van der Waals surface area contributed by atoms with Crippen molar-refractivity contribution >= 4 is 0 Å². The highest BCUT2D eigenvalue weighted by Crippen LogP contribution is 2.29. The number of aromatic nitrogens is 1. The summed E-state index contributed by atoms with van der Waals surface area (Å²) in [6, 6.07) is 7.76. The minimum absolute atomic E-state index is 0.116. The van der Waals surface area contributed by atoms with E-state index in [2.05, 4.69) is 5.16 Å². The molecule has 1 unspecified atom stereocenters. The van der Waals surface area contributed by atoms with Crippen molar-refractivity contribution in [2.75, 3.05) is 6.61 Å². The van der Waals surface area contributed by atoms with Crippen LogP contribution >= 0.6 is 0 Å². The van der Waals surface area contributed by atoms with Gasteiger partial charge in [-0.2, -0.15) is 0 Å². The van der Waals surface area contributed by atoms with Gasteiger partial charge in [-0.15, -0.1) is 0 Å². The lowest BCUT2D eigenvalue weighted by Gasteiger charge is -2.13. The molecule has 1 aromatic heterocycles. The van der Waals surface area contributed by atoms with Gasteiger partial charge in [-0.3, -0.25) is 0 Å². The molecular formula is C15H20N2O3. The van der Waals surface area contributed by atoms with Gasteiger partial charge in [-0.05, 0) is 38.0 Å². The normalized spacial score (nSPS) is 12.2. The molecule has 0 saturated carbocycles. The van der Waals surface area contributed by atoms with E-state index >= 15 is 0 Å². The Morgan fingerprint density at radius 3 is 2.75 bits per heavy atom. The standard InChI is InChI=1S/C15H20N2O3/c1-3-18-15-9-12(8-11(2)16)4-5-14(15)19-10-13-6-7-17-20-13/h4-7,9,11H,3,8,10,16H2,1-2H3. The topological polar surface area (TPSA) is 70.5 Å². The zero-order valence-corrected chi connectivity index (χ0v) is 11.8. The first kappa shape index (κ1) is 14.4. The molecule has 0 aliphatic rings. The lowest BCUT2D eigenvalue weighted by molar-refractivity contribution is 0.233. The van der Waals surface area contributed by atoms with E-state index in [0.29, 0.717) is 24.7 Å². The lowest BCUT2D eigenvalue weighted by atomic mass is 10.1. The number of ether oxygens (including phenoxy) is 2. The fraction of sp³-hybridized carbons (Fsp3) is 0.400. The van der Waals surface area contributed by atoms with Crippen molar-refractivity contribution < 1.29 is 14.0 Å². The van der Waals surface area contributed by atoms with Crippen molar-refractivity contribution in [2.24, 2.45) is 5.73 Å². The summed E-state index contributed by atoms with van der Waals surface area (Å²) in [5.41, 5.74) is 6.95. The van der Waals surface area contributed by atoms with Crippen LogP contribution in [0.5, 0.6) is 11.5 Å². The van der Waals surface area contributed by atoms with Crippen LogP contribution < -0.4 is 15.2 Å². The maximum absolute atomic E-state index is 5.82. The number of nitrogens with two attached hydrogens (primary N) is 1. The van der Waals surface area contributed by atoms with E-state index in [9.17, 15) is 0 Å². The molecule has 5 nitrogen and oxygen atoms in total. The first-order valence-corrected chi connectivity index (χ1v) is 6.72. The van der Waals surface area contributed by atoms with Crippen LogP contribution in [0.25, 0.3) is 0 Å². The summed E-state index contributed by atoms with van der Waals surface area (Å²) < 4.78 is 16.3. The predicted octanol–water partition coefficient (Wildman–Crippen LogP) is 2.54. The average Bonchev–Trinajstić information content (AvgIpc) is 2.90. The van der Waals surface area contributed by atoms with Crippen LogP contribution in [0.15, 0.2) is 35.0 Å². The largest absolute Gasteiger partial charge is 0.490 e. The average molecular weight is 276 g/mol. The highest BCUT2D eigenvalue weighted by Gasteiger charge is 2.09. The van der Waals surface area contributed by atoms with Crippen LogP contribution in [0, 0.1) is 0 Å². The summed E-state index contributed by atoms with van der Waals surface area (Å²) in [6.45, 7) is 4.83. The number of rotatable bonds is 7. The Morgan fingerprint density at radius 2 is 2.10 bits per heavy atom. The van der Waals surface area contributed by atoms with Crippen LogP contribution in [0.2, 0.25) is 0 Å². The van der Waals surface area contributed by atoms with Gasteiger partial charge in [-0.25, -0.2) is 0 Å². The summed E-state index contributed by atoms with van der Waals surface area (Å²) >= 11 is 0. The molecule has 1 aromatic carbocycles. The fourth-order valence-corrected chi connectivity index (χ4v) is 1.90.